The van der Waals surface area contributed by atoms with Crippen molar-refractivity contribution >= 4 is 49.3 Å². The molecule has 0 atom stereocenters. The third kappa shape index (κ3) is 3.70. The van der Waals surface area contributed by atoms with E-state index in [9.17, 15) is 12.8 Å². The van der Waals surface area contributed by atoms with E-state index in [2.05, 4.69) is 9.88 Å². The van der Waals surface area contributed by atoms with Crippen molar-refractivity contribution in [3.8, 4) is 0 Å². The zero-order valence-electron chi connectivity index (χ0n) is 16.6. The molecular weight excluding hydrogens is 525 g/mol. The summed E-state index contributed by atoms with van der Waals surface area (Å²) in [5, 5.41) is 4.18. The Hall–Kier alpha value is -1.75. The first-order chi connectivity index (χ1) is 14.2. The number of halogens is 3. The van der Waals surface area contributed by atoms with Crippen LogP contribution in [0, 0.1) is 22.1 Å². The SMILES string of the molecule is CCCC1(S(=O)(=O)Nc2cc3c(C)noc3c(F)c2Cc2ccc(I)cc2F)CC1. The largest absolute Gasteiger partial charge is 0.353 e. The Morgan fingerprint density at radius 3 is 2.63 bits per heavy atom. The second-order valence-electron chi connectivity index (χ2n) is 7.81. The highest BCUT2D eigenvalue weighted by molar-refractivity contribution is 14.1. The van der Waals surface area contributed by atoms with Crippen molar-refractivity contribution in [3.63, 3.8) is 0 Å². The average molecular weight is 546 g/mol. The Labute approximate surface area is 187 Å². The van der Waals surface area contributed by atoms with Gasteiger partial charge in [-0.05, 0) is 72.5 Å². The van der Waals surface area contributed by atoms with E-state index in [1.54, 1.807) is 19.1 Å². The molecule has 9 heteroatoms. The maximum absolute atomic E-state index is 15.4. The van der Waals surface area contributed by atoms with Crippen LogP contribution in [0.5, 0.6) is 0 Å². The van der Waals surface area contributed by atoms with Gasteiger partial charge in [0, 0.05) is 20.9 Å². The van der Waals surface area contributed by atoms with Crippen LogP contribution in [0.25, 0.3) is 11.0 Å². The molecule has 2 aromatic carbocycles. The molecule has 0 spiro atoms. The van der Waals surface area contributed by atoms with Gasteiger partial charge in [0.2, 0.25) is 15.6 Å². The first-order valence-electron chi connectivity index (χ1n) is 9.71. The minimum absolute atomic E-state index is 0.0367. The summed E-state index contributed by atoms with van der Waals surface area (Å²) in [6, 6.07) is 6.18. The molecule has 1 fully saturated rings. The van der Waals surface area contributed by atoms with Gasteiger partial charge in [-0.1, -0.05) is 24.6 Å². The van der Waals surface area contributed by atoms with Gasteiger partial charge in [-0.3, -0.25) is 4.72 Å². The number of fused-ring (bicyclic) bond motifs is 1. The number of aryl methyl sites for hydroxylation is 1. The highest BCUT2D eigenvalue weighted by atomic mass is 127. The number of nitrogens with zero attached hydrogens (tertiary/aromatic N) is 1. The summed E-state index contributed by atoms with van der Waals surface area (Å²) in [6.07, 6.45) is 2.31. The van der Waals surface area contributed by atoms with E-state index in [0.717, 1.165) is 6.42 Å². The second-order valence-corrected chi connectivity index (χ2v) is 11.1. The number of benzene rings is 2. The van der Waals surface area contributed by atoms with Gasteiger partial charge in [-0.25, -0.2) is 17.2 Å². The lowest BCUT2D eigenvalue weighted by molar-refractivity contribution is 0.434. The smallest absolute Gasteiger partial charge is 0.238 e. The molecule has 1 N–H and O–H groups in total. The molecule has 1 aliphatic carbocycles. The normalized spacial score (nSPS) is 15.5. The van der Waals surface area contributed by atoms with Crippen LogP contribution < -0.4 is 4.72 Å². The zero-order valence-corrected chi connectivity index (χ0v) is 19.5. The average Bonchev–Trinajstić information content (AvgIpc) is 3.38. The molecule has 160 valence electrons. The maximum atomic E-state index is 15.4. The molecule has 5 nitrogen and oxygen atoms in total. The van der Waals surface area contributed by atoms with E-state index in [-0.39, 0.29) is 28.8 Å². The number of hydrogen-bond acceptors (Lipinski definition) is 4. The van der Waals surface area contributed by atoms with Crippen LogP contribution in [-0.4, -0.2) is 18.3 Å². The molecule has 0 unspecified atom stereocenters. The Kier molecular flexibility index (Phi) is 5.54. The molecule has 1 heterocycles. The van der Waals surface area contributed by atoms with Crippen molar-refractivity contribution in [1.29, 1.82) is 0 Å². The summed E-state index contributed by atoms with van der Waals surface area (Å²) in [5.74, 6) is -1.21. The monoisotopic (exact) mass is 546 g/mol. The molecular formula is C21H21F2IN2O3S. The van der Waals surface area contributed by atoms with Crippen LogP contribution in [0.3, 0.4) is 0 Å². The minimum Gasteiger partial charge on any atom is -0.353 e. The second kappa shape index (κ2) is 7.74. The number of sulfonamides is 1. The number of anilines is 1. The summed E-state index contributed by atoms with van der Waals surface area (Å²) in [5.41, 5.74) is 0.790. The minimum atomic E-state index is -3.74. The van der Waals surface area contributed by atoms with Crippen molar-refractivity contribution < 1.29 is 21.7 Å². The van der Waals surface area contributed by atoms with E-state index in [4.69, 9.17) is 4.52 Å². The number of aromatic nitrogens is 1. The Morgan fingerprint density at radius 1 is 1.27 bits per heavy atom. The quantitative estimate of drug-likeness (QED) is 0.387. The van der Waals surface area contributed by atoms with Crippen molar-refractivity contribution in [2.75, 3.05) is 4.72 Å². The van der Waals surface area contributed by atoms with Crippen LogP contribution in [0.2, 0.25) is 0 Å². The highest BCUT2D eigenvalue weighted by Gasteiger charge is 2.53. The third-order valence-electron chi connectivity index (χ3n) is 5.70. The molecule has 0 bridgehead atoms. The van der Waals surface area contributed by atoms with Crippen molar-refractivity contribution in [2.45, 2.75) is 50.7 Å². The lowest BCUT2D eigenvalue weighted by atomic mass is 10.0. The summed E-state index contributed by atoms with van der Waals surface area (Å²) in [7, 11) is -3.74. The van der Waals surface area contributed by atoms with Gasteiger partial charge >= 0.3 is 0 Å². The zero-order chi connectivity index (χ0) is 21.7. The fourth-order valence-electron chi connectivity index (χ4n) is 3.81. The summed E-state index contributed by atoms with van der Waals surface area (Å²) in [4.78, 5) is 0. The molecule has 1 aromatic heterocycles. The van der Waals surface area contributed by atoms with Crippen molar-refractivity contribution in [1.82, 2.24) is 5.16 Å². The van der Waals surface area contributed by atoms with Crippen molar-refractivity contribution in [3.05, 3.63) is 56.3 Å². The molecule has 3 aromatic rings. The van der Waals surface area contributed by atoms with Crippen LogP contribution in [0.1, 0.15) is 49.4 Å². The molecule has 0 aliphatic heterocycles. The van der Waals surface area contributed by atoms with Crippen molar-refractivity contribution in [2.24, 2.45) is 0 Å². The van der Waals surface area contributed by atoms with E-state index in [1.165, 1.54) is 12.1 Å². The highest BCUT2D eigenvalue weighted by Crippen LogP contribution is 2.48. The first-order valence-corrected chi connectivity index (χ1v) is 12.3. The van der Waals surface area contributed by atoms with E-state index < -0.39 is 26.4 Å². The lowest BCUT2D eigenvalue weighted by Gasteiger charge is -2.19. The summed E-state index contributed by atoms with van der Waals surface area (Å²) >= 11 is 1.99. The molecule has 1 saturated carbocycles. The van der Waals surface area contributed by atoms with Gasteiger partial charge in [0.15, 0.2) is 5.82 Å². The predicted molar refractivity (Wildman–Crippen MR) is 120 cm³/mol. The van der Waals surface area contributed by atoms with E-state index >= 15 is 4.39 Å². The van der Waals surface area contributed by atoms with Crippen LogP contribution in [-0.2, 0) is 16.4 Å². The van der Waals surface area contributed by atoms with E-state index in [0.29, 0.717) is 33.9 Å². The van der Waals surface area contributed by atoms with Gasteiger partial charge in [0.05, 0.1) is 16.1 Å². The Morgan fingerprint density at radius 2 is 2.00 bits per heavy atom. The molecule has 4 rings (SSSR count). The molecule has 0 radical (unpaired) electrons. The molecule has 1 aliphatic rings. The molecule has 30 heavy (non-hydrogen) atoms. The van der Waals surface area contributed by atoms with Gasteiger partial charge in [-0.2, -0.15) is 0 Å². The summed E-state index contributed by atoms with van der Waals surface area (Å²) < 4.78 is 63.7. The Bertz CT molecular complexity index is 1240. The fourth-order valence-corrected chi connectivity index (χ4v) is 6.07. The fraction of sp³-hybridized carbons (Fsp3) is 0.381. The first kappa shape index (κ1) is 21.5. The third-order valence-corrected chi connectivity index (χ3v) is 8.61. The standard InChI is InChI=1S/C21H21F2IN2O3S/c1-3-6-21(7-8-21)30(27,28)26-18-11-15-12(2)25-29-20(15)19(23)16(18)9-13-4-5-14(24)10-17(13)22/h4-5,10-11,26H,3,6-9H2,1-2H3. The Balaban J connectivity index is 1.83. The molecule has 0 amide bonds. The topological polar surface area (TPSA) is 72.2 Å². The van der Waals surface area contributed by atoms with Gasteiger partial charge in [0.25, 0.3) is 0 Å². The molecule has 0 saturated heterocycles. The van der Waals surface area contributed by atoms with Crippen LogP contribution >= 0.6 is 22.6 Å². The summed E-state index contributed by atoms with van der Waals surface area (Å²) in [6.45, 7) is 3.59. The van der Waals surface area contributed by atoms with Gasteiger partial charge in [0.1, 0.15) is 5.82 Å². The number of nitrogens with one attached hydrogen (secondary N) is 1. The predicted octanol–water partition coefficient (Wildman–Crippen LogP) is 5.68. The van der Waals surface area contributed by atoms with E-state index in [1.807, 2.05) is 29.5 Å². The number of hydrogen-bond donors (Lipinski definition) is 1. The van der Waals surface area contributed by atoms with Crippen LogP contribution in [0.15, 0.2) is 28.8 Å². The van der Waals surface area contributed by atoms with Gasteiger partial charge < -0.3 is 4.52 Å². The van der Waals surface area contributed by atoms with Crippen LogP contribution in [0.4, 0.5) is 14.5 Å². The maximum Gasteiger partial charge on any atom is 0.238 e. The number of rotatable bonds is 7. The van der Waals surface area contributed by atoms with Gasteiger partial charge in [-0.15, -0.1) is 0 Å². The lowest BCUT2D eigenvalue weighted by Crippen LogP contribution is -2.30.